The lowest BCUT2D eigenvalue weighted by atomic mass is 10.0. The summed E-state index contributed by atoms with van der Waals surface area (Å²) in [6.45, 7) is 0.778. The van der Waals surface area contributed by atoms with Crippen molar-refractivity contribution in [3.05, 3.63) is 77.9 Å². The van der Waals surface area contributed by atoms with Crippen molar-refractivity contribution in [2.75, 3.05) is 27.0 Å². The van der Waals surface area contributed by atoms with Crippen LogP contribution in [0.4, 0.5) is 0 Å². The highest BCUT2D eigenvalue weighted by Gasteiger charge is 2.16. The molecule has 1 aliphatic heterocycles. The maximum absolute atomic E-state index is 12.4. The summed E-state index contributed by atoms with van der Waals surface area (Å²) in [4.78, 5) is 24.6. The van der Waals surface area contributed by atoms with Crippen molar-refractivity contribution in [1.29, 1.82) is 0 Å². The van der Waals surface area contributed by atoms with Gasteiger partial charge in [-0.3, -0.25) is 9.59 Å². The number of fused-ring (bicyclic) bond motifs is 1. The van der Waals surface area contributed by atoms with Crippen LogP contribution in [-0.4, -0.2) is 38.8 Å². The third kappa shape index (κ3) is 4.78. The average molecular weight is 418 g/mol. The molecule has 0 aromatic heterocycles. The number of ether oxygens (including phenoxy) is 3. The zero-order valence-electron chi connectivity index (χ0n) is 17.0. The van der Waals surface area contributed by atoms with Crippen LogP contribution in [0.15, 0.2) is 66.7 Å². The predicted molar refractivity (Wildman–Crippen MR) is 116 cm³/mol. The first-order chi connectivity index (χ1) is 15.1. The SMILES string of the molecule is COc1cccc(-c2ccc(C(=O)NCCNC(=O)c3ccc4c(c3)OCO4)cc2)c1. The third-order valence-electron chi connectivity index (χ3n) is 4.88. The van der Waals surface area contributed by atoms with Gasteiger partial charge in [0.05, 0.1) is 7.11 Å². The second-order valence-corrected chi connectivity index (χ2v) is 6.89. The fourth-order valence-electron chi connectivity index (χ4n) is 3.21. The van der Waals surface area contributed by atoms with Gasteiger partial charge < -0.3 is 24.8 Å². The molecule has 7 nitrogen and oxygen atoms in total. The monoisotopic (exact) mass is 418 g/mol. The number of hydrogen-bond acceptors (Lipinski definition) is 5. The van der Waals surface area contributed by atoms with Gasteiger partial charge in [-0.15, -0.1) is 0 Å². The van der Waals surface area contributed by atoms with Crippen LogP contribution in [-0.2, 0) is 0 Å². The predicted octanol–water partition coefficient (Wildman–Crippen LogP) is 3.25. The number of carbonyl (C=O) groups is 2. The van der Waals surface area contributed by atoms with Crippen LogP contribution >= 0.6 is 0 Å². The molecule has 0 saturated heterocycles. The second-order valence-electron chi connectivity index (χ2n) is 6.89. The lowest BCUT2D eigenvalue weighted by Crippen LogP contribution is -2.34. The van der Waals surface area contributed by atoms with E-state index in [9.17, 15) is 9.59 Å². The molecule has 3 aromatic rings. The topological polar surface area (TPSA) is 85.9 Å². The molecule has 2 amide bonds. The minimum Gasteiger partial charge on any atom is -0.497 e. The Balaban J connectivity index is 1.26. The van der Waals surface area contributed by atoms with Crippen molar-refractivity contribution in [3.8, 4) is 28.4 Å². The Hall–Kier alpha value is -4.00. The van der Waals surface area contributed by atoms with Gasteiger partial charge in [0.25, 0.3) is 11.8 Å². The molecular weight excluding hydrogens is 396 g/mol. The highest BCUT2D eigenvalue weighted by atomic mass is 16.7. The van der Waals surface area contributed by atoms with Gasteiger partial charge in [0.2, 0.25) is 6.79 Å². The first kappa shape index (κ1) is 20.3. The van der Waals surface area contributed by atoms with E-state index in [1.54, 1.807) is 37.4 Å². The van der Waals surface area contributed by atoms with Crippen LogP contribution in [0.5, 0.6) is 17.2 Å². The fourth-order valence-corrected chi connectivity index (χ4v) is 3.21. The molecule has 158 valence electrons. The smallest absolute Gasteiger partial charge is 0.251 e. The van der Waals surface area contributed by atoms with Crippen molar-refractivity contribution in [3.63, 3.8) is 0 Å². The molecule has 2 N–H and O–H groups in total. The summed E-state index contributed by atoms with van der Waals surface area (Å²) >= 11 is 0. The largest absolute Gasteiger partial charge is 0.497 e. The molecule has 0 unspecified atom stereocenters. The number of hydrogen-bond donors (Lipinski definition) is 2. The first-order valence-corrected chi connectivity index (χ1v) is 9.84. The minimum atomic E-state index is -0.241. The van der Waals surface area contributed by atoms with Gasteiger partial charge in [0, 0.05) is 24.2 Å². The van der Waals surface area contributed by atoms with Gasteiger partial charge in [0.15, 0.2) is 11.5 Å². The van der Waals surface area contributed by atoms with Crippen LogP contribution in [0.1, 0.15) is 20.7 Å². The van der Waals surface area contributed by atoms with E-state index < -0.39 is 0 Å². The normalized spacial score (nSPS) is 11.6. The number of amides is 2. The molecule has 0 fully saturated rings. The maximum atomic E-state index is 12.4. The number of methoxy groups -OCH3 is 1. The molecule has 0 atom stereocenters. The summed E-state index contributed by atoms with van der Waals surface area (Å²) in [6.07, 6.45) is 0. The molecule has 0 spiro atoms. The molecule has 0 aliphatic carbocycles. The van der Waals surface area contributed by atoms with Crippen molar-refractivity contribution in [1.82, 2.24) is 10.6 Å². The molecule has 3 aromatic carbocycles. The standard InChI is InChI=1S/C24H22N2O5/c1-29-20-4-2-3-18(13-20)16-5-7-17(8-6-16)23(27)25-11-12-26-24(28)19-9-10-21-22(14-19)31-15-30-21/h2-10,13-14H,11-12,15H2,1H3,(H,25,27)(H,26,28). The maximum Gasteiger partial charge on any atom is 0.251 e. The van der Waals surface area contributed by atoms with E-state index in [1.807, 2.05) is 36.4 Å². The van der Waals surface area contributed by atoms with Crippen LogP contribution in [0.25, 0.3) is 11.1 Å². The Kier molecular flexibility index (Phi) is 6.03. The van der Waals surface area contributed by atoms with Gasteiger partial charge in [-0.05, 0) is 53.6 Å². The van der Waals surface area contributed by atoms with E-state index in [4.69, 9.17) is 14.2 Å². The third-order valence-corrected chi connectivity index (χ3v) is 4.88. The van der Waals surface area contributed by atoms with Crippen LogP contribution < -0.4 is 24.8 Å². The summed E-state index contributed by atoms with van der Waals surface area (Å²) in [7, 11) is 1.63. The lowest BCUT2D eigenvalue weighted by Gasteiger charge is -2.09. The Morgan fingerprint density at radius 3 is 2.23 bits per heavy atom. The Morgan fingerprint density at radius 1 is 0.806 bits per heavy atom. The molecule has 0 saturated carbocycles. The summed E-state index contributed by atoms with van der Waals surface area (Å²) in [5.74, 6) is 1.52. The van der Waals surface area contributed by atoms with E-state index in [2.05, 4.69) is 10.6 Å². The van der Waals surface area contributed by atoms with Crippen LogP contribution in [0, 0.1) is 0 Å². The van der Waals surface area contributed by atoms with E-state index in [0.29, 0.717) is 35.7 Å². The van der Waals surface area contributed by atoms with Crippen molar-refractivity contribution >= 4 is 11.8 Å². The number of rotatable bonds is 7. The van der Waals surface area contributed by atoms with E-state index in [1.165, 1.54) is 0 Å². The van der Waals surface area contributed by atoms with Crippen molar-refractivity contribution < 1.29 is 23.8 Å². The van der Waals surface area contributed by atoms with Crippen molar-refractivity contribution in [2.24, 2.45) is 0 Å². The van der Waals surface area contributed by atoms with Crippen LogP contribution in [0.2, 0.25) is 0 Å². The fraction of sp³-hybridized carbons (Fsp3) is 0.167. The van der Waals surface area contributed by atoms with Gasteiger partial charge >= 0.3 is 0 Å². The second kappa shape index (κ2) is 9.21. The molecule has 1 aliphatic rings. The minimum absolute atomic E-state index is 0.160. The molecule has 0 bridgehead atoms. The summed E-state index contributed by atoms with van der Waals surface area (Å²) < 4.78 is 15.8. The highest BCUT2D eigenvalue weighted by Crippen LogP contribution is 2.32. The van der Waals surface area contributed by atoms with Gasteiger partial charge in [0.1, 0.15) is 5.75 Å². The summed E-state index contributed by atoms with van der Waals surface area (Å²) in [5, 5.41) is 5.58. The zero-order chi connectivity index (χ0) is 21.6. The molecular formula is C24H22N2O5. The number of nitrogens with one attached hydrogen (secondary N) is 2. The Morgan fingerprint density at radius 2 is 1.48 bits per heavy atom. The highest BCUT2D eigenvalue weighted by molar-refractivity contribution is 5.96. The Bertz CT molecular complexity index is 1100. The van der Waals surface area contributed by atoms with Gasteiger partial charge in [-0.25, -0.2) is 0 Å². The van der Waals surface area contributed by atoms with Gasteiger partial charge in [-0.1, -0.05) is 24.3 Å². The molecule has 31 heavy (non-hydrogen) atoms. The molecule has 1 heterocycles. The van der Waals surface area contributed by atoms with Crippen molar-refractivity contribution in [2.45, 2.75) is 0 Å². The summed E-state index contributed by atoms with van der Waals surface area (Å²) in [5.41, 5.74) is 3.03. The lowest BCUT2D eigenvalue weighted by molar-refractivity contribution is 0.0927. The molecule has 4 rings (SSSR count). The van der Waals surface area contributed by atoms with Gasteiger partial charge in [-0.2, -0.15) is 0 Å². The molecule has 0 radical (unpaired) electrons. The van der Waals surface area contributed by atoms with E-state index in [-0.39, 0.29) is 18.6 Å². The Labute approximate surface area is 179 Å². The quantitative estimate of drug-likeness (QED) is 0.576. The van der Waals surface area contributed by atoms with E-state index >= 15 is 0 Å². The van der Waals surface area contributed by atoms with E-state index in [0.717, 1.165) is 16.9 Å². The summed E-state index contributed by atoms with van der Waals surface area (Å²) in [6, 6.07) is 20.1. The number of benzene rings is 3. The first-order valence-electron chi connectivity index (χ1n) is 9.84. The zero-order valence-corrected chi connectivity index (χ0v) is 17.0. The number of carbonyl (C=O) groups excluding carboxylic acids is 2. The average Bonchev–Trinajstić information content (AvgIpc) is 3.29. The van der Waals surface area contributed by atoms with Crippen LogP contribution in [0.3, 0.4) is 0 Å². The molecule has 7 heteroatoms.